The van der Waals surface area contributed by atoms with Gasteiger partial charge in [-0.05, 0) is 48.9 Å². The van der Waals surface area contributed by atoms with E-state index in [1.807, 2.05) is 73.3 Å². The highest BCUT2D eigenvalue weighted by molar-refractivity contribution is 5.94. The molecule has 1 amide bonds. The standard InChI is InChI=1S/C20H21N3O2/c1-3-25-19-10-4-16(5-11-19)14-22(2)20(24)17-6-8-18(9-7-17)23-13-12-21-15-23/h4-13,15H,3,14H2,1-2H3. The third-order valence-electron chi connectivity index (χ3n) is 3.92. The lowest BCUT2D eigenvalue weighted by molar-refractivity contribution is 0.0785. The summed E-state index contributed by atoms with van der Waals surface area (Å²) in [6, 6.07) is 15.3. The van der Waals surface area contributed by atoms with Gasteiger partial charge in [-0.2, -0.15) is 0 Å². The van der Waals surface area contributed by atoms with Crippen molar-refractivity contribution in [2.45, 2.75) is 13.5 Å². The Bertz CT molecular complexity index is 809. The largest absolute Gasteiger partial charge is 0.494 e. The van der Waals surface area contributed by atoms with Crippen LogP contribution in [0.2, 0.25) is 0 Å². The molecule has 0 saturated carbocycles. The molecule has 0 atom stereocenters. The summed E-state index contributed by atoms with van der Waals surface area (Å²) in [4.78, 5) is 18.3. The quantitative estimate of drug-likeness (QED) is 0.692. The van der Waals surface area contributed by atoms with E-state index < -0.39 is 0 Å². The molecule has 0 aliphatic carbocycles. The van der Waals surface area contributed by atoms with E-state index >= 15 is 0 Å². The van der Waals surface area contributed by atoms with Crippen molar-refractivity contribution < 1.29 is 9.53 Å². The van der Waals surface area contributed by atoms with Gasteiger partial charge >= 0.3 is 0 Å². The van der Waals surface area contributed by atoms with Crippen LogP contribution in [-0.4, -0.2) is 34.0 Å². The van der Waals surface area contributed by atoms with Crippen LogP contribution >= 0.6 is 0 Å². The van der Waals surface area contributed by atoms with E-state index in [0.29, 0.717) is 18.7 Å². The Hall–Kier alpha value is -3.08. The average molecular weight is 335 g/mol. The number of imidazole rings is 1. The van der Waals surface area contributed by atoms with Crippen LogP contribution in [0.5, 0.6) is 5.75 Å². The molecule has 25 heavy (non-hydrogen) atoms. The van der Waals surface area contributed by atoms with Crippen LogP contribution in [0.25, 0.3) is 5.69 Å². The number of carbonyl (C=O) groups is 1. The fourth-order valence-electron chi connectivity index (χ4n) is 2.61. The maximum absolute atomic E-state index is 12.6. The maximum atomic E-state index is 12.6. The first-order chi connectivity index (χ1) is 12.2. The van der Waals surface area contributed by atoms with Gasteiger partial charge in [0.2, 0.25) is 0 Å². The minimum absolute atomic E-state index is 0.00827. The monoisotopic (exact) mass is 335 g/mol. The summed E-state index contributed by atoms with van der Waals surface area (Å²) in [6.45, 7) is 3.15. The van der Waals surface area contributed by atoms with Gasteiger partial charge in [-0.3, -0.25) is 4.79 Å². The van der Waals surface area contributed by atoms with Crippen molar-refractivity contribution in [3.05, 3.63) is 78.4 Å². The van der Waals surface area contributed by atoms with E-state index in [-0.39, 0.29) is 5.91 Å². The zero-order chi connectivity index (χ0) is 17.6. The van der Waals surface area contributed by atoms with E-state index in [0.717, 1.165) is 17.0 Å². The summed E-state index contributed by atoms with van der Waals surface area (Å²) in [7, 11) is 1.81. The predicted molar refractivity (Wildman–Crippen MR) is 97.0 cm³/mol. The van der Waals surface area contributed by atoms with Gasteiger partial charge in [0.05, 0.1) is 12.9 Å². The number of benzene rings is 2. The van der Waals surface area contributed by atoms with E-state index in [1.54, 1.807) is 17.4 Å². The number of rotatable bonds is 6. The number of hydrogen-bond acceptors (Lipinski definition) is 3. The van der Waals surface area contributed by atoms with Crippen LogP contribution in [-0.2, 0) is 6.54 Å². The number of hydrogen-bond donors (Lipinski definition) is 0. The Morgan fingerprint density at radius 1 is 1.12 bits per heavy atom. The van der Waals surface area contributed by atoms with Crippen molar-refractivity contribution in [3.8, 4) is 11.4 Å². The summed E-state index contributed by atoms with van der Waals surface area (Å²) >= 11 is 0. The lowest BCUT2D eigenvalue weighted by atomic mass is 10.1. The normalized spacial score (nSPS) is 10.5. The van der Waals surface area contributed by atoms with E-state index in [1.165, 1.54) is 0 Å². The zero-order valence-corrected chi connectivity index (χ0v) is 14.4. The van der Waals surface area contributed by atoms with Crippen LogP contribution in [0, 0.1) is 0 Å². The maximum Gasteiger partial charge on any atom is 0.253 e. The lowest BCUT2D eigenvalue weighted by Crippen LogP contribution is -2.26. The Morgan fingerprint density at radius 3 is 2.44 bits per heavy atom. The molecule has 0 aliphatic rings. The van der Waals surface area contributed by atoms with Gasteiger partial charge in [-0.15, -0.1) is 0 Å². The second-order valence-corrected chi connectivity index (χ2v) is 5.76. The highest BCUT2D eigenvalue weighted by Gasteiger charge is 2.12. The van der Waals surface area contributed by atoms with Crippen molar-refractivity contribution in [2.75, 3.05) is 13.7 Å². The van der Waals surface area contributed by atoms with Crippen molar-refractivity contribution in [1.29, 1.82) is 0 Å². The highest BCUT2D eigenvalue weighted by Crippen LogP contribution is 2.15. The van der Waals surface area contributed by atoms with Crippen LogP contribution in [0.15, 0.2) is 67.3 Å². The van der Waals surface area contributed by atoms with Gasteiger partial charge < -0.3 is 14.2 Å². The molecular formula is C20H21N3O2. The van der Waals surface area contributed by atoms with Gasteiger partial charge in [-0.25, -0.2) is 4.98 Å². The first-order valence-corrected chi connectivity index (χ1v) is 8.23. The van der Waals surface area contributed by atoms with Crippen LogP contribution in [0.3, 0.4) is 0 Å². The molecule has 0 bridgehead atoms. The number of carbonyl (C=O) groups excluding carboxylic acids is 1. The third kappa shape index (κ3) is 4.07. The molecule has 0 saturated heterocycles. The minimum Gasteiger partial charge on any atom is -0.494 e. The Kier molecular flexibility index (Phi) is 5.14. The molecule has 0 radical (unpaired) electrons. The molecule has 3 aromatic rings. The van der Waals surface area contributed by atoms with Gasteiger partial charge in [0.25, 0.3) is 5.91 Å². The Labute approximate surface area is 147 Å². The molecule has 2 aromatic carbocycles. The second-order valence-electron chi connectivity index (χ2n) is 5.76. The summed E-state index contributed by atoms with van der Waals surface area (Å²) in [5, 5.41) is 0. The molecule has 5 heteroatoms. The molecule has 0 fully saturated rings. The Balaban J connectivity index is 1.65. The van der Waals surface area contributed by atoms with Crippen molar-refractivity contribution >= 4 is 5.91 Å². The number of ether oxygens (including phenoxy) is 1. The summed E-state index contributed by atoms with van der Waals surface area (Å²) < 4.78 is 7.34. The Morgan fingerprint density at radius 2 is 1.84 bits per heavy atom. The zero-order valence-electron chi connectivity index (χ0n) is 14.4. The van der Waals surface area contributed by atoms with Crippen molar-refractivity contribution in [1.82, 2.24) is 14.5 Å². The molecule has 0 spiro atoms. The second kappa shape index (κ2) is 7.66. The predicted octanol–water partition coefficient (Wildman–Crippen LogP) is 3.54. The van der Waals surface area contributed by atoms with E-state index in [4.69, 9.17) is 4.74 Å². The van der Waals surface area contributed by atoms with E-state index in [9.17, 15) is 4.79 Å². The van der Waals surface area contributed by atoms with Crippen LogP contribution in [0.4, 0.5) is 0 Å². The molecule has 5 nitrogen and oxygen atoms in total. The molecule has 1 aromatic heterocycles. The number of aromatic nitrogens is 2. The van der Waals surface area contributed by atoms with E-state index in [2.05, 4.69) is 4.98 Å². The fourth-order valence-corrected chi connectivity index (χ4v) is 2.61. The molecule has 0 N–H and O–H groups in total. The first-order valence-electron chi connectivity index (χ1n) is 8.23. The molecule has 1 heterocycles. The van der Waals surface area contributed by atoms with Crippen molar-refractivity contribution in [3.63, 3.8) is 0 Å². The summed E-state index contributed by atoms with van der Waals surface area (Å²) in [5.74, 6) is 0.835. The summed E-state index contributed by atoms with van der Waals surface area (Å²) in [6.07, 6.45) is 5.33. The van der Waals surface area contributed by atoms with Gasteiger partial charge in [0.15, 0.2) is 0 Å². The topological polar surface area (TPSA) is 47.4 Å². The average Bonchev–Trinajstić information content (AvgIpc) is 3.18. The SMILES string of the molecule is CCOc1ccc(CN(C)C(=O)c2ccc(-n3ccnc3)cc2)cc1. The van der Waals surface area contributed by atoms with Crippen molar-refractivity contribution in [2.24, 2.45) is 0 Å². The summed E-state index contributed by atoms with van der Waals surface area (Å²) in [5.41, 5.74) is 2.70. The number of amides is 1. The third-order valence-corrected chi connectivity index (χ3v) is 3.92. The fraction of sp³-hybridized carbons (Fsp3) is 0.200. The van der Waals surface area contributed by atoms with Gasteiger partial charge in [-0.1, -0.05) is 12.1 Å². The van der Waals surface area contributed by atoms with Gasteiger partial charge in [0.1, 0.15) is 5.75 Å². The molecular weight excluding hydrogens is 314 g/mol. The van der Waals surface area contributed by atoms with Crippen LogP contribution in [0.1, 0.15) is 22.8 Å². The highest BCUT2D eigenvalue weighted by atomic mass is 16.5. The first kappa shape index (κ1) is 16.8. The van der Waals surface area contributed by atoms with Crippen LogP contribution < -0.4 is 4.74 Å². The number of nitrogens with zero attached hydrogens (tertiary/aromatic N) is 3. The molecule has 3 rings (SSSR count). The molecule has 0 aliphatic heterocycles. The smallest absolute Gasteiger partial charge is 0.253 e. The van der Waals surface area contributed by atoms with Gasteiger partial charge in [0, 0.05) is 37.2 Å². The minimum atomic E-state index is -0.00827. The molecule has 128 valence electrons. The molecule has 0 unspecified atom stereocenters. The lowest BCUT2D eigenvalue weighted by Gasteiger charge is -2.18.